The molecule has 8 heteroatoms. The fraction of sp³-hybridized carbons (Fsp3) is 0.667. The zero-order valence-electron chi connectivity index (χ0n) is 11.2. The van der Waals surface area contributed by atoms with E-state index in [4.69, 9.17) is 9.47 Å². The van der Waals surface area contributed by atoms with Gasteiger partial charge in [-0.3, -0.25) is 4.98 Å². The van der Waals surface area contributed by atoms with Gasteiger partial charge < -0.3 is 9.47 Å². The zero-order valence-corrected chi connectivity index (χ0v) is 12.0. The predicted octanol–water partition coefficient (Wildman–Crippen LogP) is 0.430. The molecule has 1 atom stereocenters. The topological polar surface area (TPSA) is 81.6 Å². The molecular formula is C12H17N3O4S. The van der Waals surface area contributed by atoms with E-state index in [2.05, 4.69) is 9.97 Å². The molecule has 0 radical (unpaired) electrons. The molecular weight excluding hydrogens is 282 g/mol. The fourth-order valence-corrected chi connectivity index (χ4v) is 4.15. The van der Waals surface area contributed by atoms with E-state index in [-0.39, 0.29) is 11.4 Å². The lowest BCUT2D eigenvalue weighted by Gasteiger charge is -2.16. The highest BCUT2D eigenvalue weighted by Gasteiger charge is 2.43. The van der Waals surface area contributed by atoms with E-state index in [0.29, 0.717) is 31.3 Å². The van der Waals surface area contributed by atoms with Gasteiger partial charge in [0.05, 0.1) is 31.3 Å². The molecule has 7 nitrogen and oxygen atoms in total. The van der Waals surface area contributed by atoms with Gasteiger partial charge in [-0.2, -0.15) is 9.29 Å². The number of methoxy groups -OCH3 is 1. The minimum Gasteiger partial charge on any atom is -0.480 e. The van der Waals surface area contributed by atoms with E-state index >= 15 is 0 Å². The van der Waals surface area contributed by atoms with Gasteiger partial charge in [0, 0.05) is 6.54 Å². The van der Waals surface area contributed by atoms with Crippen LogP contribution >= 0.6 is 0 Å². The summed E-state index contributed by atoms with van der Waals surface area (Å²) in [5, 5.41) is -0.169. The molecule has 0 aromatic carbocycles. The quantitative estimate of drug-likeness (QED) is 0.784. The molecule has 110 valence electrons. The first-order valence-corrected chi connectivity index (χ1v) is 8.11. The summed E-state index contributed by atoms with van der Waals surface area (Å²) in [6.45, 7) is 0.901. The molecule has 1 aromatic rings. The third-order valence-corrected chi connectivity index (χ3v) is 5.87. The summed E-state index contributed by atoms with van der Waals surface area (Å²) in [5.74, 6) is 0.739. The van der Waals surface area contributed by atoms with Crippen molar-refractivity contribution in [1.82, 2.24) is 14.3 Å². The van der Waals surface area contributed by atoms with Crippen molar-refractivity contribution in [2.75, 3.05) is 20.2 Å². The standard InChI is InChI=1S/C12H17N3O4S/c1-18-11-6-13-7-12(14-11)19-9-4-5-15(8-9)20(16,17)10-2-3-10/h6-7,9-10H,2-5,8H2,1H3. The number of hydrogen-bond donors (Lipinski definition) is 0. The second-order valence-electron chi connectivity index (χ2n) is 5.03. The minimum atomic E-state index is -3.11. The third kappa shape index (κ3) is 2.71. The number of ether oxygens (including phenoxy) is 2. The van der Waals surface area contributed by atoms with Crippen LogP contribution in [0, 0.1) is 0 Å². The largest absolute Gasteiger partial charge is 0.480 e. The summed E-state index contributed by atoms with van der Waals surface area (Å²) >= 11 is 0. The lowest BCUT2D eigenvalue weighted by molar-refractivity contribution is 0.203. The Hall–Kier alpha value is -1.41. The van der Waals surface area contributed by atoms with E-state index in [1.54, 1.807) is 0 Å². The van der Waals surface area contributed by atoms with E-state index in [0.717, 1.165) is 12.8 Å². The van der Waals surface area contributed by atoms with Crippen molar-refractivity contribution >= 4 is 10.0 Å². The Morgan fingerprint density at radius 3 is 2.70 bits per heavy atom. The van der Waals surface area contributed by atoms with Crippen molar-refractivity contribution in [1.29, 1.82) is 0 Å². The lowest BCUT2D eigenvalue weighted by atomic mass is 10.3. The van der Waals surface area contributed by atoms with Crippen molar-refractivity contribution in [2.24, 2.45) is 0 Å². The van der Waals surface area contributed by atoms with Crippen LogP contribution in [0.5, 0.6) is 11.8 Å². The second-order valence-corrected chi connectivity index (χ2v) is 7.24. The van der Waals surface area contributed by atoms with Gasteiger partial charge in [-0.05, 0) is 19.3 Å². The molecule has 1 saturated carbocycles. The molecule has 2 heterocycles. The van der Waals surface area contributed by atoms with Crippen LogP contribution in [0.25, 0.3) is 0 Å². The van der Waals surface area contributed by atoms with Gasteiger partial charge in [0.1, 0.15) is 6.10 Å². The molecule has 1 aromatic heterocycles. The van der Waals surface area contributed by atoms with E-state index in [1.807, 2.05) is 0 Å². The summed E-state index contributed by atoms with van der Waals surface area (Å²) in [6.07, 6.45) is 5.05. The monoisotopic (exact) mass is 299 g/mol. The van der Waals surface area contributed by atoms with Crippen molar-refractivity contribution in [3.63, 3.8) is 0 Å². The second kappa shape index (κ2) is 5.17. The van der Waals surface area contributed by atoms with Gasteiger partial charge in [-0.1, -0.05) is 0 Å². The highest BCUT2D eigenvalue weighted by molar-refractivity contribution is 7.90. The van der Waals surface area contributed by atoms with Crippen molar-refractivity contribution in [2.45, 2.75) is 30.6 Å². The molecule has 1 aliphatic heterocycles. The molecule has 1 unspecified atom stereocenters. The number of sulfonamides is 1. The molecule has 1 aliphatic carbocycles. The zero-order chi connectivity index (χ0) is 14.2. The van der Waals surface area contributed by atoms with Crippen LogP contribution in [-0.2, 0) is 10.0 Å². The minimum absolute atomic E-state index is 0.169. The summed E-state index contributed by atoms with van der Waals surface area (Å²) in [6, 6.07) is 0. The average Bonchev–Trinajstić information content (AvgIpc) is 3.20. The SMILES string of the molecule is COc1cncc(OC2CCN(S(=O)(=O)C3CC3)C2)n1. The first-order chi connectivity index (χ1) is 9.59. The van der Waals surface area contributed by atoms with Gasteiger partial charge in [0.2, 0.25) is 21.8 Å². The normalized spacial score (nSPS) is 23.8. The molecule has 1 saturated heterocycles. The number of aromatic nitrogens is 2. The van der Waals surface area contributed by atoms with Gasteiger partial charge in [-0.15, -0.1) is 0 Å². The van der Waals surface area contributed by atoms with Gasteiger partial charge in [0.15, 0.2) is 0 Å². The highest BCUT2D eigenvalue weighted by atomic mass is 32.2. The molecule has 0 bridgehead atoms. The maximum absolute atomic E-state index is 12.1. The lowest BCUT2D eigenvalue weighted by Crippen LogP contribution is -2.33. The van der Waals surface area contributed by atoms with Crippen LogP contribution in [0.3, 0.4) is 0 Å². The number of nitrogens with zero attached hydrogens (tertiary/aromatic N) is 3. The third-order valence-electron chi connectivity index (χ3n) is 3.50. The maximum atomic E-state index is 12.1. The fourth-order valence-electron chi connectivity index (χ4n) is 2.26. The Bertz CT molecular complexity index is 588. The van der Waals surface area contributed by atoms with Gasteiger partial charge in [0.25, 0.3) is 0 Å². The Morgan fingerprint density at radius 1 is 1.25 bits per heavy atom. The Kier molecular flexibility index (Phi) is 3.51. The molecule has 0 N–H and O–H groups in total. The highest BCUT2D eigenvalue weighted by Crippen LogP contribution is 2.33. The van der Waals surface area contributed by atoms with Crippen LogP contribution in [0.4, 0.5) is 0 Å². The Morgan fingerprint density at radius 2 is 2.00 bits per heavy atom. The van der Waals surface area contributed by atoms with Crippen molar-refractivity contribution in [3.05, 3.63) is 12.4 Å². The van der Waals surface area contributed by atoms with Gasteiger partial charge >= 0.3 is 0 Å². The smallest absolute Gasteiger partial charge is 0.235 e. The summed E-state index contributed by atoms with van der Waals surface area (Å²) < 4.78 is 36.4. The Balaban J connectivity index is 1.62. The van der Waals surface area contributed by atoms with Gasteiger partial charge in [-0.25, -0.2) is 8.42 Å². The summed E-state index contributed by atoms with van der Waals surface area (Å²) in [5.41, 5.74) is 0. The van der Waals surface area contributed by atoms with Crippen LogP contribution in [0.15, 0.2) is 12.4 Å². The van der Waals surface area contributed by atoms with Crippen LogP contribution in [-0.4, -0.2) is 54.2 Å². The van der Waals surface area contributed by atoms with Crippen LogP contribution in [0.1, 0.15) is 19.3 Å². The Labute approximate surface area is 118 Å². The molecule has 3 rings (SSSR count). The van der Waals surface area contributed by atoms with Crippen molar-refractivity contribution < 1.29 is 17.9 Å². The van der Waals surface area contributed by atoms with E-state index < -0.39 is 10.0 Å². The maximum Gasteiger partial charge on any atom is 0.235 e. The molecule has 2 fully saturated rings. The number of rotatable bonds is 5. The average molecular weight is 299 g/mol. The van der Waals surface area contributed by atoms with Crippen molar-refractivity contribution in [3.8, 4) is 11.8 Å². The first-order valence-electron chi connectivity index (χ1n) is 6.61. The molecule has 0 amide bonds. The molecule has 2 aliphatic rings. The van der Waals surface area contributed by atoms with Crippen LogP contribution < -0.4 is 9.47 Å². The van der Waals surface area contributed by atoms with E-state index in [1.165, 1.54) is 23.8 Å². The molecule has 20 heavy (non-hydrogen) atoms. The molecule has 0 spiro atoms. The summed E-state index contributed by atoms with van der Waals surface area (Å²) in [7, 11) is -1.60. The first kappa shape index (κ1) is 13.6. The van der Waals surface area contributed by atoms with E-state index in [9.17, 15) is 8.42 Å². The van der Waals surface area contributed by atoms with Crippen LogP contribution in [0.2, 0.25) is 0 Å². The number of hydrogen-bond acceptors (Lipinski definition) is 6. The summed E-state index contributed by atoms with van der Waals surface area (Å²) in [4.78, 5) is 8.07. The predicted molar refractivity (Wildman–Crippen MR) is 71.1 cm³/mol.